The highest BCUT2D eigenvalue weighted by atomic mass is 16.6. The van der Waals surface area contributed by atoms with Crippen LogP contribution in [-0.4, -0.2) is 62.9 Å². The second-order valence-electron chi connectivity index (χ2n) is 15.9. The van der Waals surface area contributed by atoms with Gasteiger partial charge in [-0.15, -0.1) is 0 Å². The van der Waals surface area contributed by atoms with Gasteiger partial charge in [0, 0.05) is 47.6 Å². The number of carboxylic acid groups (broad SMARTS) is 1. The summed E-state index contributed by atoms with van der Waals surface area (Å²) in [6.07, 6.45) is 7.86. The van der Waals surface area contributed by atoms with Gasteiger partial charge in [0.25, 0.3) is 0 Å². The lowest BCUT2D eigenvalue weighted by Crippen LogP contribution is -2.77. The Morgan fingerprint density at radius 1 is 1.08 bits per heavy atom. The number of carbonyl (C=O) groups is 3. The van der Waals surface area contributed by atoms with E-state index in [1.165, 1.54) is 20.1 Å². The van der Waals surface area contributed by atoms with Crippen molar-refractivity contribution in [2.45, 2.75) is 121 Å². The predicted molar refractivity (Wildman–Crippen MR) is 178 cm³/mol. The molecular weight excluding hydrogens is 612 g/mol. The summed E-state index contributed by atoms with van der Waals surface area (Å²) in [6, 6.07) is 0. The van der Waals surface area contributed by atoms with Gasteiger partial charge in [0.1, 0.15) is 34.0 Å². The number of rotatable bonds is 7. The molecule has 256 valence electrons. The molecule has 7 aliphatic rings. The van der Waals surface area contributed by atoms with Crippen molar-refractivity contribution in [3.63, 3.8) is 0 Å². The standard InChI is InChI=1S/C39H46O9/c1-19(2)10-11-23-31-27(24-16-36(8,46-31)14-13-22(24)20(3)4)30(41)28-29(40)25-17-37(45-9)18-26-35(6,7)48-38(34(37)44,15-12-21(5)33(42)43)39(25,26)47-32(23)28/h10,12,17,22,24,26,41H,3,11,13-16,18H2,1-2,4-9H3,(H,42,43)/b21-12-/t22?,24?,26?,36?,37-,38?,39+/m0/s1. The summed E-state index contributed by atoms with van der Waals surface area (Å²) < 4.78 is 26.9. The molecular formula is C39H46O9. The van der Waals surface area contributed by atoms with Crippen LogP contribution in [0.25, 0.3) is 0 Å². The van der Waals surface area contributed by atoms with E-state index in [1.54, 1.807) is 6.08 Å². The molecule has 1 aromatic rings. The van der Waals surface area contributed by atoms with Crippen molar-refractivity contribution < 1.29 is 43.5 Å². The van der Waals surface area contributed by atoms with Gasteiger partial charge in [-0.3, -0.25) is 9.59 Å². The van der Waals surface area contributed by atoms with Crippen LogP contribution in [0.4, 0.5) is 0 Å². The number of phenolic OH excluding ortho intramolecular Hbond substituents is 1. The fourth-order valence-electron chi connectivity index (χ4n) is 9.87. The maximum atomic E-state index is 15.2. The minimum Gasteiger partial charge on any atom is -0.507 e. The third-order valence-electron chi connectivity index (χ3n) is 12.2. The van der Waals surface area contributed by atoms with Gasteiger partial charge >= 0.3 is 5.97 Å². The average Bonchev–Trinajstić information content (AvgIpc) is 3.16. The lowest BCUT2D eigenvalue weighted by Gasteiger charge is -2.59. The van der Waals surface area contributed by atoms with Gasteiger partial charge in [-0.2, -0.15) is 0 Å². The zero-order valence-corrected chi connectivity index (χ0v) is 29.2. The highest BCUT2D eigenvalue weighted by Gasteiger charge is 2.84. The number of hydrogen-bond acceptors (Lipinski definition) is 8. The van der Waals surface area contributed by atoms with Crippen molar-refractivity contribution in [3.8, 4) is 17.2 Å². The zero-order chi connectivity index (χ0) is 34.9. The third-order valence-corrected chi connectivity index (χ3v) is 12.2. The number of carbonyl (C=O) groups excluding carboxylic acids is 2. The number of benzene rings is 1. The van der Waals surface area contributed by atoms with Gasteiger partial charge in [0.15, 0.2) is 17.0 Å². The molecule has 6 bridgehead atoms. The van der Waals surface area contributed by atoms with Gasteiger partial charge in [-0.05, 0) is 92.6 Å². The Bertz CT molecular complexity index is 1810. The summed E-state index contributed by atoms with van der Waals surface area (Å²) in [5.74, 6) is -1.97. The molecule has 0 radical (unpaired) electrons. The molecule has 1 spiro atoms. The molecule has 7 atom stereocenters. The average molecular weight is 659 g/mol. The minimum atomic E-state index is -1.78. The predicted octanol–water partition coefficient (Wildman–Crippen LogP) is 6.71. The second-order valence-corrected chi connectivity index (χ2v) is 15.9. The van der Waals surface area contributed by atoms with Gasteiger partial charge in [0.05, 0.1) is 5.60 Å². The number of hydrogen-bond donors (Lipinski definition) is 2. The van der Waals surface area contributed by atoms with Crippen molar-refractivity contribution in [2.75, 3.05) is 7.11 Å². The first-order valence-electron chi connectivity index (χ1n) is 17.0. The lowest BCUT2D eigenvalue weighted by molar-refractivity contribution is -0.190. The van der Waals surface area contributed by atoms with Crippen LogP contribution in [-0.2, 0) is 25.5 Å². The molecule has 3 aliphatic heterocycles. The van der Waals surface area contributed by atoms with E-state index >= 15 is 4.79 Å². The van der Waals surface area contributed by atoms with Gasteiger partial charge < -0.3 is 29.2 Å². The van der Waals surface area contributed by atoms with Crippen LogP contribution in [0.15, 0.2) is 47.1 Å². The molecule has 1 aromatic carbocycles. The Hall–Kier alpha value is -3.69. The van der Waals surface area contributed by atoms with Crippen molar-refractivity contribution in [1.82, 2.24) is 0 Å². The Morgan fingerprint density at radius 3 is 2.42 bits per heavy atom. The van der Waals surface area contributed by atoms with Crippen LogP contribution in [0.5, 0.6) is 17.2 Å². The van der Waals surface area contributed by atoms with Crippen LogP contribution in [0.1, 0.15) is 108 Å². The van der Waals surface area contributed by atoms with E-state index in [1.807, 2.05) is 40.7 Å². The fraction of sp³-hybridized carbons (Fsp3) is 0.564. The second kappa shape index (κ2) is 10.2. The SMILES string of the molecule is C=C(C)C1CCC2(C)CC1c1c(O)c3c(c(CC=C(C)C)c1O2)O[C@]12C(=C[C@]4(OC)CC1C(C)(C)OC2(C/C=C(/C)C(=O)O)C4=O)C3=O. The molecule has 4 aliphatic carbocycles. The van der Waals surface area contributed by atoms with Crippen LogP contribution in [0.2, 0.25) is 0 Å². The van der Waals surface area contributed by atoms with Crippen LogP contribution >= 0.6 is 0 Å². The Morgan fingerprint density at radius 2 is 1.79 bits per heavy atom. The molecule has 3 fully saturated rings. The highest BCUT2D eigenvalue weighted by molar-refractivity contribution is 6.20. The molecule has 2 saturated carbocycles. The first kappa shape index (κ1) is 32.8. The Kier molecular flexibility index (Phi) is 6.96. The maximum Gasteiger partial charge on any atom is 0.330 e. The summed E-state index contributed by atoms with van der Waals surface area (Å²) in [5.41, 5.74) is -2.72. The first-order valence-corrected chi connectivity index (χ1v) is 17.0. The van der Waals surface area contributed by atoms with Crippen LogP contribution in [0.3, 0.4) is 0 Å². The lowest BCUT2D eigenvalue weighted by atomic mass is 9.49. The largest absolute Gasteiger partial charge is 0.507 e. The summed E-state index contributed by atoms with van der Waals surface area (Å²) in [4.78, 5) is 41.8. The minimum absolute atomic E-state index is 0.0376. The van der Waals surface area contributed by atoms with Crippen LogP contribution in [0, 0.1) is 11.8 Å². The van der Waals surface area contributed by atoms with Crippen molar-refractivity contribution in [1.29, 1.82) is 0 Å². The van der Waals surface area contributed by atoms with E-state index in [-0.39, 0.29) is 52.9 Å². The Balaban J connectivity index is 1.55. The van der Waals surface area contributed by atoms with E-state index in [9.17, 15) is 19.8 Å². The van der Waals surface area contributed by atoms with Crippen molar-refractivity contribution >= 4 is 17.5 Å². The fourth-order valence-corrected chi connectivity index (χ4v) is 9.87. The molecule has 8 rings (SSSR count). The molecule has 5 unspecified atom stereocenters. The van der Waals surface area contributed by atoms with E-state index in [0.717, 1.165) is 24.0 Å². The number of aliphatic carboxylic acids is 1. The number of carboxylic acids is 1. The van der Waals surface area contributed by atoms with Gasteiger partial charge in [-0.1, -0.05) is 29.9 Å². The van der Waals surface area contributed by atoms with E-state index in [4.69, 9.17) is 18.9 Å². The number of methoxy groups -OCH3 is 1. The number of fused-ring (bicyclic) bond motifs is 5. The molecule has 48 heavy (non-hydrogen) atoms. The summed E-state index contributed by atoms with van der Waals surface area (Å²) in [6.45, 7) is 17.6. The number of allylic oxidation sites excluding steroid dienone is 3. The van der Waals surface area contributed by atoms with Crippen molar-refractivity contribution in [3.05, 3.63) is 63.8 Å². The van der Waals surface area contributed by atoms with E-state index < -0.39 is 51.5 Å². The molecule has 0 aromatic heterocycles. The third kappa shape index (κ3) is 4.00. The van der Waals surface area contributed by atoms with Gasteiger partial charge in [-0.25, -0.2) is 4.79 Å². The van der Waals surface area contributed by atoms with Crippen LogP contribution < -0.4 is 9.47 Å². The number of ether oxygens (including phenoxy) is 4. The number of Topliss-reactive ketones (excluding diaryl/α,β-unsaturated/α-hetero) is 2. The molecule has 1 saturated heterocycles. The molecule has 3 heterocycles. The summed E-state index contributed by atoms with van der Waals surface area (Å²) >= 11 is 0. The first-order chi connectivity index (χ1) is 22.4. The van der Waals surface area contributed by atoms with Gasteiger partial charge in [0.2, 0.25) is 5.78 Å². The van der Waals surface area contributed by atoms with E-state index in [0.29, 0.717) is 29.7 Å². The number of phenols is 1. The Labute approximate surface area is 281 Å². The monoisotopic (exact) mass is 658 g/mol. The maximum absolute atomic E-state index is 15.2. The quantitative estimate of drug-likeness (QED) is 0.243. The summed E-state index contributed by atoms with van der Waals surface area (Å²) in [7, 11) is 1.44. The smallest absolute Gasteiger partial charge is 0.330 e. The topological polar surface area (TPSA) is 129 Å². The number of aromatic hydroxyl groups is 1. The summed E-state index contributed by atoms with van der Waals surface area (Å²) in [5, 5.41) is 22.0. The van der Waals surface area contributed by atoms with E-state index in [2.05, 4.69) is 13.5 Å². The molecule has 9 heteroatoms. The normalized spacial score (nSPS) is 36.6. The molecule has 9 nitrogen and oxygen atoms in total. The highest BCUT2D eigenvalue weighted by Crippen LogP contribution is 2.70. The zero-order valence-electron chi connectivity index (χ0n) is 29.2. The van der Waals surface area contributed by atoms with Crippen molar-refractivity contribution in [2.24, 2.45) is 11.8 Å². The molecule has 2 N–H and O–H groups in total. The molecule has 0 amide bonds. The number of ketones is 2.